The molecule has 31 heavy (non-hydrogen) atoms. The molecule has 1 aliphatic rings. The fourth-order valence-corrected chi connectivity index (χ4v) is 3.93. The Morgan fingerprint density at radius 1 is 1.10 bits per heavy atom. The van der Waals surface area contributed by atoms with Crippen molar-refractivity contribution in [2.24, 2.45) is 5.73 Å². The van der Waals surface area contributed by atoms with Gasteiger partial charge in [-0.2, -0.15) is 5.26 Å². The number of fused-ring (bicyclic) bond motifs is 1. The van der Waals surface area contributed by atoms with E-state index in [0.717, 1.165) is 0 Å². The first-order chi connectivity index (χ1) is 15.0. The highest BCUT2D eigenvalue weighted by Gasteiger charge is 2.38. The van der Waals surface area contributed by atoms with Crippen LogP contribution < -0.4 is 24.7 Å². The van der Waals surface area contributed by atoms with E-state index < -0.39 is 5.92 Å². The van der Waals surface area contributed by atoms with Crippen LogP contribution >= 0.6 is 11.6 Å². The number of rotatable bonds is 5. The van der Waals surface area contributed by atoms with Crippen LogP contribution in [-0.4, -0.2) is 31.5 Å². The van der Waals surface area contributed by atoms with Gasteiger partial charge in [-0.1, -0.05) is 29.8 Å². The summed E-state index contributed by atoms with van der Waals surface area (Å²) in [5, 5.41) is 17.7. The normalized spacial score (nSPS) is 15.0. The SMILES string of the molecule is COc1cc(OC)c([C@@H]2C(C#N)=C(N)Oc3n[nH]c(-c4ccccc4Cl)c32)cc1OC. The molecule has 0 aliphatic carbocycles. The number of nitriles is 1. The second-order valence-corrected chi connectivity index (χ2v) is 7.08. The number of hydrogen-bond acceptors (Lipinski definition) is 7. The number of ether oxygens (including phenoxy) is 4. The number of aromatic amines is 1. The van der Waals surface area contributed by atoms with Crippen molar-refractivity contribution in [2.45, 2.75) is 5.92 Å². The van der Waals surface area contributed by atoms with Crippen LogP contribution in [0, 0.1) is 11.3 Å². The first kappa shape index (κ1) is 20.4. The smallest absolute Gasteiger partial charge is 0.244 e. The number of methoxy groups -OCH3 is 3. The number of hydrogen-bond donors (Lipinski definition) is 2. The maximum atomic E-state index is 9.94. The van der Waals surface area contributed by atoms with E-state index in [2.05, 4.69) is 16.3 Å². The van der Waals surface area contributed by atoms with Gasteiger partial charge in [0.15, 0.2) is 11.5 Å². The molecule has 0 bridgehead atoms. The van der Waals surface area contributed by atoms with Crippen molar-refractivity contribution in [3.63, 3.8) is 0 Å². The first-order valence-electron chi connectivity index (χ1n) is 9.24. The summed E-state index contributed by atoms with van der Waals surface area (Å²) < 4.78 is 22.2. The maximum Gasteiger partial charge on any atom is 0.244 e. The van der Waals surface area contributed by atoms with Gasteiger partial charge in [0.25, 0.3) is 0 Å². The van der Waals surface area contributed by atoms with E-state index in [1.54, 1.807) is 18.2 Å². The Bertz CT molecular complexity index is 1230. The Morgan fingerprint density at radius 2 is 1.77 bits per heavy atom. The Hall–Kier alpha value is -3.83. The molecular weight excluding hydrogens is 420 g/mol. The van der Waals surface area contributed by atoms with E-state index in [0.29, 0.717) is 44.7 Å². The molecule has 0 unspecified atom stereocenters. The largest absolute Gasteiger partial charge is 0.496 e. The summed E-state index contributed by atoms with van der Waals surface area (Å²) in [6.07, 6.45) is 0. The molecule has 1 atom stereocenters. The molecule has 1 aromatic heterocycles. The highest BCUT2D eigenvalue weighted by atomic mass is 35.5. The van der Waals surface area contributed by atoms with Crippen molar-refractivity contribution in [1.82, 2.24) is 10.2 Å². The molecule has 9 heteroatoms. The van der Waals surface area contributed by atoms with E-state index in [4.69, 9.17) is 36.3 Å². The lowest BCUT2D eigenvalue weighted by atomic mass is 9.82. The minimum absolute atomic E-state index is 0.0333. The van der Waals surface area contributed by atoms with Gasteiger partial charge >= 0.3 is 0 Å². The third kappa shape index (κ3) is 3.29. The monoisotopic (exact) mass is 438 g/mol. The molecule has 0 fully saturated rings. The zero-order chi connectivity index (χ0) is 22.1. The number of aromatic nitrogens is 2. The minimum Gasteiger partial charge on any atom is -0.496 e. The summed E-state index contributed by atoms with van der Waals surface area (Å²) in [6.45, 7) is 0. The minimum atomic E-state index is -0.645. The summed E-state index contributed by atoms with van der Waals surface area (Å²) >= 11 is 6.45. The standard InChI is InChI=1S/C22H19ClN4O4/c1-28-15-9-17(30-3)16(29-2)8-12(15)18-13(10-24)21(25)31-22-19(18)20(26-27-22)11-6-4-5-7-14(11)23/h4-9,18H,25H2,1-3H3,(H,26,27)/t18-/m1/s1. The van der Waals surface area contributed by atoms with Crippen molar-refractivity contribution < 1.29 is 18.9 Å². The van der Waals surface area contributed by atoms with Crippen LogP contribution in [0.1, 0.15) is 17.0 Å². The Balaban J connectivity index is 2.03. The van der Waals surface area contributed by atoms with E-state index in [-0.39, 0.29) is 17.3 Å². The molecule has 1 aliphatic heterocycles. The molecule has 2 heterocycles. The number of nitrogens with two attached hydrogens (primary N) is 1. The zero-order valence-electron chi connectivity index (χ0n) is 17.0. The van der Waals surface area contributed by atoms with Crippen molar-refractivity contribution in [3.8, 4) is 40.5 Å². The van der Waals surface area contributed by atoms with Gasteiger partial charge < -0.3 is 24.7 Å². The van der Waals surface area contributed by atoms with Crippen LogP contribution in [0.5, 0.6) is 23.1 Å². The molecule has 3 aromatic rings. The van der Waals surface area contributed by atoms with Crippen LogP contribution in [0.3, 0.4) is 0 Å². The fraction of sp³-hybridized carbons (Fsp3) is 0.182. The quantitative estimate of drug-likeness (QED) is 0.619. The van der Waals surface area contributed by atoms with Gasteiger partial charge in [0.2, 0.25) is 11.8 Å². The summed E-state index contributed by atoms with van der Waals surface area (Å²) in [7, 11) is 4.61. The topological polar surface area (TPSA) is 115 Å². The van der Waals surface area contributed by atoms with Gasteiger partial charge in [0, 0.05) is 22.2 Å². The molecule has 0 spiro atoms. The summed E-state index contributed by atoms with van der Waals surface area (Å²) in [5.41, 5.74) is 8.88. The van der Waals surface area contributed by atoms with Gasteiger partial charge in [-0.15, -0.1) is 5.10 Å². The molecule has 0 amide bonds. The number of H-pyrrole nitrogens is 1. The lowest BCUT2D eigenvalue weighted by molar-refractivity contribution is 0.346. The van der Waals surface area contributed by atoms with Crippen LogP contribution in [0.2, 0.25) is 5.02 Å². The third-order valence-electron chi connectivity index (χ3n) is 5.13. The van der Waals surface area contributed by atoms with Crippen LogP contribution in [-0.2, 0) is 0 Å². The molecule has 3 N–H and O–H groups in total. The maximum absolute atomic E-state index is 9.94. The van der Waals surface area contributed by atoms with Crippen LogP contribution in [0.4, 0.5) is 0 Å². The van der Waals surface area contributed by atoms with Crippen LogP contribution in [0.25, 0.3) is 11.3 Å². The van der Waals surface area contributed by atoms with E-state index in [1.807, 2.05) is 18.2 Å². The third-order valence-corrected chi connectivity index (χ3v) is 5.46. The van der Waals surface area contributed by atoms with Crippen molar-refractivity contribution in [1.29, 1.82) is 5.26 Å². The molecule has 2 aromatic carbocycles. The van der Waals surface area contributed by atoms with Crippen molar-refractivity contribution in [2.75, 3.05) is 21.3 Å². The Labute approximate surface area is 183 Å². The van der Waals surface area contributed by atoms with Gasteiger partial charge in [-0.05, 0) is 12.1 Å². The predicted molar refractivity (Wildman–Crippen MR) is 114 cm³/mol. The number of benzene rings is 2. The molecule has 0 saturated carbocycles. The summed E-state index contributed by atoms with van der Waals surface area (Å²) in [4.78, 5) is 0. The summed E-state index contributed by atoms with van der Waals surface area (Å²) in [6, 6.07) is 12.9. The van der Waals surface area contributed by atoms with Gasteiger partial charge in [-0.3, -0.25) is 5.10 Å². The average molecular weight is 439 g/mol. The van der Waals surface area contributed by atoms with Gasteiger partial charge in [0.1, 0.15) is 17.4 Å². The highest BCUT2D eigenvalue weighted by molar-refractivity contribution is 6.33. The molecule has 8 nitrogen and oxygen atoms in total. The van der Waals surface area contributed by atoms with E-state index in [1.165, 1.54) is 21.3 Å². The number of nitrogens with one attached hydrogen (secondary N) is 1. The van der Waals surface area contributed by atoms with Crippen molar-refractivity contribution in [3.05, 3.63) is 64.0 Å². The summed E-state index contributed by atoms with van der Waals surface area (Å²) in [5.74, 6) is 1.03. The number of allylic oxidation sites excluding steroid dienone is 1. The Morgan fingerprint density at radius 3 is 2.42 bits per heavy atom. The molecular formula is C22H19ClN4O4. The Kier molecular flexibility index (Phi) is 5.36. The second kappa shape index (κ2) is 8.13. The van der Waals surface area contributed by atoms with E-state index >= 15 is 0 Å². The molecule has 4 rings (SSSR count). The van der Waals surface area contributed by atoms with E-state index in [9.17, 15) is 5.26 Å². The molecule has 0 radical (unpaired) electrons. The van der Waals surface area contributed by atoms with Crippen molar-refractivity contribution >= 4 is 11.6 Å². The molecule has 0 saturated heterocycles. The molecule has 158 valence electrons. The number of nitrogens with zero attached hydrogens (tertiary/aromatic N) is 2. The lowest BCUT2D eigenvalue weighted by Gasteiger charge is -2.26. The highest BCUT2D eigenvalue weighted by Crippen LogP contribution is 2.50. The van der Waals surface area contributed by atoms with Gasteiger partial charge in [-0.25, -0.2) is 0 Å². The fourth-order valence-electron chi connectivity index (χ4n) is 3.70. The zero-order valence-corrected chi connectivity index (χ0v) is 17.8. The first-order valence-corrected chi connectivity index (χ1v) is 9.62. The van der Waals surface area contributed by atoms with Gasteiger partial charge in [0.05, 0.1) is 38.5 Å². The second-order valence-electron chi connectivity index (χ2n) is 6.67. The predicted octanol–water partition coefficient (Wildman–Crippen LogP) is 3.97. The lowest BCUT2D eigenvalue weighted by Crippen LogP contribution is -2.21. The number of halogens is 1. The van der Waals surface area contributed by atoms with Crippen LogP contribution in [0.15, 0.2) is 47.9 Å². The average Bonchev–Trinajstić information content (AvgIpc) is 3.20.